The second kappa shape index (κ2) is 6.21. The molecular formula is C14H16FN3. The Morgan fingerprint density at radius 3 is 2.89 bits per heavy atom. The topological polar surface area (TPSA) is 37.8 Å². The van der Waals surface area contributed by atoms with Gasteiger partial charge in [0.1, 0.15) is 5.82 Å². The Morgan fingerprint density at radius 2 is 2.11 bits per heavy atom. The summed E-state index contributed by atoms with van der Waals surface area (Å²) in [6.45, 7) is 3.84. The summed E-state index contributed by atoms with van der Waals surface area (Å²) in [5.41, 5.74) is 2.37. The Kier molecular flexibility index (Phi) is 4.36. The van der Waals surface area contributed by atoms with Gasteiger partial charge in [-0.15, -0.1) is 0 Å². The molecule has 0 radical (unpaired) electrons. The second-order valence-corrected chi connectivity index (χ2v) is 4.11. The molecule has 0 aromatic carbocycles. The summed E-state index contributed by atoms with van der Waals surface area (Å²) in [5, 5.41) is 3.30. The molecule has 0 unspecified atom stereocenters. The number of aromatic nitrogens is 2. The maximum atomic E-state index is 13.6. The first-order valence-corrected chi connectivity index (χ1v) is 6.05. The van der Waals surface area contributed by atoms with E-state index in [1.54, 1.807) is 24.7 Å². The van der Waals surface area contributed by atoms with E-state index in [0.29, 0.717) is 5.56 Å². The highest BCUT2D eigenvalue weighted by Crippen LogP contribution is 2.21. The molecule has 2 rings (SSSR count). The molecular weight excluding hydrogens is 229 g/mol. The van der Waals surface area contributed by atoms with Crippen LogP contribution < -0.4 is 5.32 Å². The molecule has 1 N–H and O–H groups in total. The number of halogens is 1. The fourth-order valence-electron chi connectivity index (χ4n) is 1.75. The van der Waals surface area contributed by atoms with Crippen LogP contribution in [-0.4, -0.2) is 16.5 Å². The molecule has 2 heterocycles. The number of pyridine rings is 2. The lowest BCUT2D eigenvalue weighted by atomic mass is 10.1. The van der Waals surface area contributed by atoms with E-state index in [9.17, 15) is 4.39 Å². The van der Waals surface area contributed by atoms with Gasteiger partial charge in [0.05, 0.1) is 6.20 Å². The van der Waals surface area contributed by atoms with E-state index < -0.39 is 0 Å². The van der Waals surface area contributed by atoms with Crippen molar-refractivity contribution >= 4 is 0 Å². The first-order valence-electron chi connectivity index (χ1n) is 6.05. The van der Waals surface area contributed by atoms with Crippen molar-refractivity contribution < 1.29 is 4.39 Å². The van der Waals surface area contributed by atoms with Crippen molar-refractivity contribution in [2.75, 3.05) is 6.54 Å². The molecule has 0 fully saturated rings. The quantitative estimate of drug-likeness (QED) is 0.823. The molecule has 0 atom stereocenters. The Balaban J connectivity index is 2.19. The largest absolute Gasteiger partial charge is 0.313 e. The Labute approximate surface area is 106 Å². The van der Waals surface area contributed by atoms with E-state index in [2.05, 4.69) is 22.2 Å². The lowest BCUT2D eigenvalue weighted by Gasteiger charge is -2.06. The number of hydrogen-bond donors (Lipinski definition) is 1. The van der Waals surface area contributed by atoms with Crippen molar-refractivity contribution in [1.29, 1.82) is 0 Å². The average Bonchev–Trinajstić information content (AvgIpc) is 2.40. The predicted octanol–water partition coefficient (Wildman–Crippen LogP) is 2.78. The normalized spacial score (nSPS) is 10.6. The van der Waals surface area contributed by atoms with E-state index in [1.807, 2.05) is 6.07 Å². The van der Waals surface area contributed by atoms with Gasteiger partial charge < -0.3 is 5.32 Å². The molecule has 2 aromatic heterocycles. The fourth-order valence-corrected chi connectivity index (χ4v) is 1.75. The van der Waals surface area contributed by atoms with Gasteiger partial charge in [0.15, 0.2) is 0 Å². The van der Waals surface area contributed by atoms with E-state index >= 15 is 0 Å². The smallest absolute Gasteiger partial charge is 0.149 e. The second-order valence-electron chi connectivity index (χ2n) is 4.11. The fraction of sp³-hybridized carbons (Fsp3) is 0.286. The number of hydrogen-bond acceptors (Lipinski definition) is 3. The molecule has 0 saturated carbocycles. The molecule has 4 heteroatoms. The predicted molar refractivity (Wildman–Crippen MR) is 69.4 cm³/mol. The van der Waals surface area contributed by atoms with Crippen molar-refractivity contribution in [2.45, 2.75) is 19.9 Å². The van der Waals surface area contributed by atoms with Crippen LogP contribution >= 0.6 is 0 Å². The van der Waals surface area contributed by atoms with Gasteiger partial charge in [-0.05, 0) is 30.7 Å². The van der Waals surface area contributed by atoms with E-state index in [4.69, 9.17) is 0 Å². The molecule has 0 amide bonds. The zero-order valence-electron chi connectivity index (χ0n) is 10.4. The first kappa shape index (κ1) is 12.6. The van der Waals surface area contributed by atoms with Crippen molar-refractivity contribution in [3.8, 4) is 11.1 Å². The number of nitrogens with one attached hydrogen (secondary N) is 1. The van der Waals surface area contributed by atoms with Gasteiger partial charge in [-0.2, -0.15) is 0 Å². The lowest BCUT2D eigenvalue weighted by Crippen LogP contribution is -2.13. The minimum Gasteiger partial charge on any atom is -0.313 e. The summed E-state index contributed by atoms with van der Waals surface area (Å²) in [4.78, 5) is 7.90. The third-order valence-electron chi connectivity index (χ3n) is 2.63. The monoisotopic (exact) mass is 245 g/mol. The summed E-state index contributed by atoms with van der Waals surface area (Å²) in [6, 6.07) is 3.61. The van der Waals surface area contributed by atoms with Gasteiger partial charge in [-0.25, -0.2) is 4.39 Å². The highest BCUT2D eigenvalue weighted by molar-refractivity contribution is 5.63. The number of rotatable bonds is 5. The molecule has 0 bridgehead atoms. The Bertz CT molecular complexity index is 514. The molecule has 0 saturated heterocycles. The summed E-state index contributed by atoms with van der Waals surface area (Å²) in [5.74, 6) is -0.321. The molecule has 3 nitrogen and oxygen atoms in total. The van der Waals surface area contributed by atoms with Crippen molar-refractivity contribution in [3.05, 3.63) is 48.3 Å². The van der Waals surface area contributed by atoms with E-state index in [1.165, 1.54) is 6.20 Å². The third-order valence-corrected chi connectivity index (χ3v) is 2.63. The van der Waals surface area contributed by atoms with Crippen LogP contribution in [0.5, 0.6) is 0 Å². The minimum atomic E-state index is -0.321. The summed E-state index contributed by atoms with van der Waals surface area (Å²) in [7, 11) is 0. The first-order chi connectivity index (χ1) is 8.81. The lowest BCUT2D eigenvalue weighted by molar-refractivity contribution is 0.625. The highest BCUT2D eigenvalue weighted by Gasteiger charge is 2.05. The molecule has 0 spiro atoms. The summed E-state index contributed by atoms with van der Waals surface area (Å²) < 4.78 is 13.6. The van der Waals surface area contributed by atoms with E-state index in [0.717, 1.165) is 30.6 Å². The molecule has 94 valence electrons. The van der Waals surface area contributed by atoms with Crippen molar-refractivity contribution in [2.24, 2.45) is 0 Å². The number of nitrogens with zero attached hydrogens (tertiary/aromatic N) is 2. The van der Waals surface area contributed by atoms with Gasteiger partial charge in [-0.3, -0.25) is 9.97 Å². The molecule has 0 aliphatic rings. The van der Waals surface area contributed by atoms with E-state index in [-0.39, 0.29) is 5.82 Å². The van der Waals surface area contributed by atoms with Crippen LogP contribution in [0.25, 0.3) is 11.1 Å². The zero-order chi connectivity index (χ0) is 12.8. The SMILES string of the molecule is CCCNCc1cncc(-c2ccncc2F)c1. The Morgan fingerprint density at radius 1 is 1.22 bits per heavy atom. The zero-order valence-corrected chi connectivity index (χ0v) is 10.4. The molecule has 2 aromatic rings. The third kappa shape index (κ3) is 3.11. The Hall–Kier alpha value is -1.81. The molecule has 0 aliphatic heterocycles. The van der Waals surface area contributed by atoms with Gasteiger partial charge in [-0.1, -0.05) is 6.92 Å². The van der Waals surface area contributed by atoms with Crippen LogP contribution in [-0.2, 0) is 6.54 Å². The molecule has 0 aliphatic carbocycles. The summed E-state index contributed by atoms with van der Waals surface area (Å²) >= 11 is 0. The molecule has 18 heavy (non-hydrogen) atoms. The minimum absolute atomic E-state index is 0.321. The average molecular weight is 245 g/mol. The van der Waals surface area contributed by atoms with Crippen LogP contribution in [0.15, 0.2) is 36.9 Å². The van der Waals surface area contributed by atoms with Crippen LogP contribution in [0.3, 0.4) is 0 Å². The van der Waals surface area contributed by atoms with Gasteiger partial charge >= 0.3 is 0 Å². The maximum Gasteiger partial charge on any atom is 0.149 e. The van der Waals surface area contributed by atoms with Gasteiger partial charge in [0, 0.05) is 36.3 Å². The van der Waals surface area contributed by atoms with Crippen LogP contribution in [0.4, 0.5) is 4.39 Å². The van der Waals surface area contributed by atoms with Gasteiger partial charge in [0.2, 0.25) is 0 Å². The highest BCUT2D eigenvalue weighted by atomic mass is 19.1. The standard InChI is InChI=1S/C14H16FN3/c1-2-4-16-7-11-6-12(9-18-8-11)13-3-5-17-10-14(13)15/h3,5-6,8-10,16H,2,4,7H2,1H3. The maximum absolute atomic E-state index is 13.6. The van der Waals surface area contributed by atoms with Crippen LogP contribution in [0.2, 0.25) is 0 Å². The van der Waals surface area contributed by atoms with Crippen LogP contribution in [0, 0.1) is 5.82 Å². The van der Waals surface area contributed by atoms with Crippen LogP contribution in [0.1, 0.15) is 18.9 Å². The van der Waals surface area contributed by atoms with Crippen molar-refractivity contribution in [3.63, 3.8) is 0 Å². The van der Waals surface area contributed by atoms with Crippen molar-refractivity contribution in [1.82, 2.24) is 15.3 Å². The summed E-state index contributed by atoms with van der Waals surface area (Å²) in [6.07, 6.45) is 7.36. The van der Waals surface area contributed by atoms with Gasteiger partial charge in [0.25, 0.3) is 0 Å².